The lowest BCUT2D eigenvalue weighted by Gasteiger charge is -2.14. The Kier molecular flexibility index (Phi) is 8.10. The van der Waals surface area contributed by atoms with Crippen LogP contribution in [0.4, 0.5) is 10.5 Å². The van der Waals surface area contributed by atoms with Crippen LogP contribution in [0.2, 0.25) is 0 Å². The van der Waals surface area contributed by atoms with Gasteiger partial charge in [0.2, 0.25) is 0 Å². The van der Waals surface area contributed by atoms with E-state index < -0.39 is 0 Å². The topological polar surface area (TPSA) is 83.4 Å². The highest BCUT2D eigenvalue weighted by atomic mass is 16.5. The highest BCUT2D eigenvalue weighted by Crippen LogP contribution is 2.22. The predicted molar refractivity (Wildman–Crippen MR) is 125 cm³/mol. The van der Waals surface area contributed by atoms with Crippen molar-refractivity contribution in [2.24, 2.45) is 0 Å². The minimum Gasteiger partial charge on any atom is -0.491 e. The monoisotopic (exact) mass is 429 g/mol. The molecule has 0 radical (unpaired) electrons. The van der Waals surface area contributed by atoms with Gasteiger partial charge in [0.05, 0.1) is 19.0 Å². The van der Waals surface area contributed by atoms with Gasteiger partial charge in [-0.1, -0.05) is 48.5 Å². The zero-order valence-corrected chi connectivity index (χ0v) is 18.4. The first kappa shape index (κ1) is 22.7. The van der Waals surface area contributed by atoms with Gasteiger partial charge in [-0.2, -0.15) is 5.26 Å². The molecule has 0 atom stereocenters. The molecule has 0 aromatic heterocycles. The van der Waals surface area contributed by atoms with E-state index in [1.165, 1.54) is 0 Å². The van der Waals surface area contributed by atoms with Crippen LogP contribution in [-0.2, 0) is 13.0 Å². The number of carbonyl (C=O) groups is 1. The van der Waals surface area contributed by atoms with E-state index in [9.17, 15) is 4.79 Å². The number of hydrogen-bond acceptors (Lipinski definition) is 4. The van der Waals surface area contributed by atoms with Gasteiger partial charge in [-0.3, -0.25) is 0 Å². The van der Waals surface area contributed by atoms with Crippen LogP contribution in [0.25, 0.3) is 0 Å². The largest absolute Gasteiger partial charge is 0.491 e. The molecule has 2 N–H and O–H groups in total. The van der Waals surface area contributed by atoms with E-state index in [4.69, 9.17) is 14.7 Å². The van der Waals surface area contributed by atoms with Gasteiger partial charge in [0.1, 0.15) is 24.7 Å². The van der Waals surface area contributed by atoms with Crippen LogP contribution in [0, 0.1) is 25.2 Å². The van der Waals surface area contributed by atoms with Crippen LogP contribution in [0.15, 0.2) is 66.7 Å². The summed E-state index contributed by atoms with van der Waals surface area (Å²) < 4.78 is 11.7. The molecule has 3 aromatic carbocycles. The fourth-order valence-corrected chi connectivity index (χ4v) is 3.24. The molecule has 0 aliphatic heterocycles. The van der Waals surface area contributed by atoms with E-state index in [0.29, 0.717) is 37.6 Å². The molecule has 3 rings (SSSR count). The fraction of sp³-hybridized carbons (Fsp3) is 0.231. The second kappa shape index (κ2) is 11.4. The van der Waals surface area contributed by atoms with Crippen molar-refractivity contribution in [1.82, 2.24) is 5.32 Å². The van der Waals surface area contributed by atoms with E-state index in [0.717, 1.165) is 28.0 Å². The number of anilines is 1. The molecule has 0 saturated heterocycles. The van der Waals surface area contributed by atoms with Crippen LogP contribution >= 0.6 is 0 Å². The van der Waals surface area contributed by atoms with Gasteiger partial charge in [-0.05, 0) is 48.7 Å². The van der Waals surface area contributed by atoms with Crippen molar-refractivity contribution in [2.75, 3.05) is 18.5 Å². The van der Waals surface area contributed by atoms with Crippen molar-refractivity contribution < 1.29 is 14.3 Å². The highest BCUT2D eigenvalue weighted by molar-refractivity contribution is 5.90. The molecule has 3 aromatic rings. The maximum Gasteiger partial charge on any atom is 0.319 e. The van der Waals surface area contributed by atoms with E-state index in [1.807, 2.05) is 80.6 Å². The predicted octanol–water partition coefficient (Wildman–Crippen LogP) is 5.15. The molecule has 0 aliphatic carbocycles. The Balaban J connectivity index is 1.48. The Labute approximate surface area is 188 Å². The lowest BCUT2D eigenvalue weighted by molar-refractivity contribution is 0.247. The molecule has 0 fully saturated rings. The number of carbonyl (C=O) groups excluding carboxylic acids is 1. The standard InChI is InChI=1S/C26H27N3O3/c1-19-6-5-7-20(2)25(19)31-17-16-28-26(30)29-24-9-4-3-8-22(24)18-32-23-12-10-21(11-13-23)14-15-27/h3-13H,14,16-18H2,1-2H3,(H2,28,29,30). The van der Waals surface area contributed by atoms with E-state index in [2.05, 4.69) is 16.7 Å². The maximum absolute atomic E-state index is 12.3. The smallest absolute Gasteiger partial charge is 0.319 e. The van der Waals surface area contributed by atoms with Gasteiger partial charge in [0, 0.05) is 11.3 Å². The van der Waals surface area contributed by atoms with Crippen LogP contribution in [0.5, 0.6) is 11.5 Å². The van der Waals surface area contributed by atoms with Crippen molar-refractivity contribution in [1.29, 1.82) is 5.26 Å². The normalized spacial score (nSPS) is 10.2. The van der Waals surface area contributed by atoms with Gasteiger partial charge >= 0.3 is 6.03 Å². The summed E-state index contributed by atoms with van der Waals surface area (Å²) in [7, 11) is 0. The summed E-state index contributed by atoms with van der Waals surface area (Å²) in [6.45, 7) is 5.08. The maximum atomic E-state index is 12.3. The Morgan fingerprint density at radius 1 is 0.938 bits per heavy atom. The lowest BCUT2D eigenvalue weighted by atomic mass is 10.1. The number of aryl methyl sites for hydroxylation is 2. The van der Waals surface area contributed by atoms with Crippen molar-refractivity contribution in [3.63, 3.8) is 0 Å². The number of para-hydroxylation sites is 2. The summed E-state index contributed by atoms with van der Waals surface area (Å²) in [4.78, 5) is 12.3. The molecule has 2 amide bonds. The number of hydrogen-bond donors (Lipinski definition) is 2. The molecule has 0 spiro atoms. The summed E-state index contributed by atoms with van der Waals surface area (Å²) in [5, 5.41) is 14.4. The third-order valence-corrected chi connectivity index (χ3v) is 4.91. The van der Waals surface area contributed by atoms with Gasteiger partial charge in [-0.25, -0.2) is 4.79 Å². The Bertz CT molecular complexity index is 1070. The number of nitrogens with one attached hydrogen (secondary N) is 2. The van der Waals surface area contributed by atoms with Gasteiger partial charge in [0.25, 0.3) is 0 Å². The van der Waals surface area contributed by atoms with Gasteiger partial charge < -0.3 is 20.1 Å². The Hall–Kier alpha value is -3.98. The summed E-state index contributed by atoms with van der Waals surface area (Å²) in [6.07, 6.45) is 0.373. The van der Waals surface area contributed by atoms with Crippen LogP contribution in [0.3, 0.4) is 0 Å². The summed E-state index contributed by atoms with van der Waals surface area (Å²) >= 11 is 0. The fourth-order valence-electron chi connectivity index (χ4n) is 3.24. The molecular formula is C26H27N3O3. The minimum atomic E-state index is -0.302. The Morgan fingerprint density at radius 3 is 2.38 bits per heavy atom. The zero-order valence-electron chi connectivity index (χ0n) is 18.4. The number of ether oxygens (including phenoxy) is 2. The molecule has 6 heteroatoms. The molecule has 0 aliphatic rings. The number of urea groups is 1. The van der Waals surface area contributed by atoms with Gasteiger partial charge in [0.15, 0.2) is 0 Å². The second-order valence-electron chi connectivity index (χ2n) is 7.37. The molecule has 6 nitrogen and oxygen atoms in total. The molecule has 0 heterocycles. The minimum absolute atomic E-state index is 0.302. The number of benzene rings is 3. The van der Waals surface area contributed by atoms with Crippen molar-refractivity contribution >= 4 is 11.7 Å². The third kappa shape index (κ3) is 6.51. The SMILES string of the molecule is Cc1cccc(C)c1OCCNC(=O)Nc1ccccc1COc1ccc(CC#N)cc1. The molecule has 0 unspecified atom stereocenters. The number of amides is 2. The highest BCUT2D eigenvalue weighted by Gasteiger charge is 2.08. The van der Waals surface area contributed by atoms with E-state index in [1.54, 1.807) is 0 Å². The number of rotatable bonds is 9. The molecule has 32 heavy (non-hydrogen) atoms. The van der Waals surface area contributed by atoms with Crippen LogP contribution in [-0.4, -0.2) is 19.2 Å². The number of nitriles is 1. The quantitative estimate of drug-likeness (QED) is 0.461. The first-order valence-corrected chi connectivity index (χ1v) is 10.5. The van der Waals surface area contributed by atoms with Gasteiger partial charge in [-0.15, -0.1) is 0 Å². The van der Waals surface area contributed by atoms with Crippen LogP contribution < -0.4 is 20.1 Å². The first-order valence-electron chi connectivity index (χ1n) is 10.5. The lowest BCUT2D eigenvalue weighted by Crippen LogP contribution is -2.32. The molecule has 0 saturated carbocycles. The van der Waals surface area contributed by atoms with Crippen molar-refractivity contribution in [3.05, 3.63) is 89.0 Å². The Morgan fingerprint density at radius 2 is 1.66 bits per heavy atom. The first-order chi connectivity index (χ1) is 15.6. The van der Waals surface area contributed by atoms with Crippen molar-refractivity contribution in [3.8, 4) is 17.6 Å². The van der Waals surface area contributed by atoms with Crippen molar-refractivity contribution in [2.45, 2.75) is 26.9 Å². The third-order valence-electron chi connectivity index (χ3n) is 4.91. The average Bonchev–Trinajstić information content (AvgIpc) is 2.79. The molecule has 164 valence electrons. The number of nitrogens with zero attached hydrogens (tertiary/aromatic N) is 1. The molecular weight excluding hydrogens is 402 g/mol. The second-order valence-corrected chi connectivity index (χ2v) is 7.37. The molecule has 0 bridgehead atoms. The van der Waals surface area contributed by atoms with E-state index >= 15 is 0 Å². The summed E-state index contributed by atoms with van der Waals surface area (Å²) in [6, 6.07) is 22.7. The van der Waals surface area contributed by atoms with Crippen LogP contribution in [0.1, 0.15) is 22.3 Å². The summed E-state index contributed by atoms with van der Waals surface area (Å²) in [5.74, 6) is 1.56. The average molecular weight is 430 g/mol. The zero-order chi connectivity index (χ0) is 22.8. The summed E-state index contributed by atoms with van der Waals surface area (Å²) in [5.41, 5.74) is 4.63. The van der Waals surface area contributed by atoms with E-state index in [-0.39, 0.29) is 6.03 Å².